The number of carboxylic acids is 1. The van der Waals surface area contributed by atoms with Crippen molar-refractivity contribution in [2.45, 2.75) is 56.5 Å². The van der Waals surface area contributed by atoms with Gasteiger partial charge in [-0.2, -0.15) is 39.5 Å². The van der Waals surface area contributed by atoms with E-state index < -0.39 is 118 Å². The molecule has 0 unspecified atom stereocenters. The molecular formula is C37H28F11N3O5. The van der Waals surface area contributed by atoms with Gasteiger partial charge in [-0.25, -0.2) is 8.78 Å². The zero-order valence-electron chi connectivity index (χ0n) is 28.7. The first kappa shape index (κ1) is 40.2. The fraction of sp³-hybridized carbons (Fsp3) is 0.324. The number of carbonyl (C=O) groups excluding carboxylic acids is 1. The first-order valence-electron chi connectivity index (χ1n) is 16.6. The number of aryl methyl sites for hydroxylation is 1. The average molecular weight is 804 g/mol. The minimum absolute atomic E-state index is 0.0648. The lowest BCUT2D eigenvalue weighted by Crippen LogP contribution is -2.49. The summed E-state index contributed by atoms with van der Waals surface area (Å²) in [5, 5.41) is 11.9. The first-order chi connectivity index (χ1) is 26.0. The second kappa shape index (κ2) is 14.6. The maximum atomic E-state index is 16.0. The summed E-state index contributed by atoms with van der Waals surface area (Å²) >= 11 is 0. The fourth-order valence-corrected chi connectivity index (χ4v) is 6.82. The van der Waals surface area contributed by atoms with Crippen molar-refractivity contribution < 1.29 is 67.7 Å². The predicted molar refractivity (Wildman–Crippen MR) is 175 cm³/mol. The highest BCUT2D eigenvalue weighted by atomic mass is 19.4. The largest absolute Gasteiger partial charge is 0.481 e. The molecule has 2 aliphatic heterocycles. The highest BCUT2D eigenvalue weighted by Crippen LogP contribution is 2.45. The lowest BCUT2D eigenvalue weighted by atomic mass is 9.90. The number of aromatic nitrogens is 1. The number of hydrogen-bond acceptors (Lipinski definition) is 5. The Bertz CT molecular complexity index is 2260. The number of carbonyl (C=O) groups is 2. The second-order valence-electron chi connectivity index (χ2n) is 13.4. The van der Waals surface area contributed by atoms with Crippen molar-refractivity contribution in [3.8, 4) is 22.6 Å². The summed E-state index contributed by atoms with van der Waals surface area (Å²) in [7, 11) is 0. The average Bonchev–Trinajstić information content (AvgIpc) is 3.05. The number of halogens is 11. The van der Waals surface area contributed by atoms with Crippen LogP contribution in [-0.4, -0.2) is 52.3 Å². The maximum absolute atomic E-state index is 16.0. The van der Waals surface area contributed by atoms with Crippen molar-refractivity contribution >= 4 is 11.9 Å². The summed E-state index contributed by atoms with van der Waals surface area (Å²) in [6, 6.07) is 2.65. The summed E-state index contributed by atoms with van der Waals surface area (Å²) in [5.74, 6) is -6.24. The molecule has 2 N–H and O–H groups in total. The highest BCUT2D eigenvalue weighted by Gasteiger charge is 2.40. The monoisotopic (exact) mass is 803 g/mol. The number of nitrogens with zero attached hydrogens (tertiary/aromatic N) is 2. The molecule has 56 heavy (non-hydrogen) atoms. The first-order valence-corrected chi connectivity index (χ1v) is 16.6. The van der Waals surface area contributed by atoms with Crippen LogP contribution >= 0.6 is 0 Å². The molecule has 0 saturated carbocycles. The third kappa shape index (κ3) is 8.22. The Morgan fingerprint density at radius 1 is 0.911 bits per heavy atom. The van der Waals surface area contributed by atoms with E-state index in [4.69, 9.17) is 4.74 Å². The molecule has 4 aromatic rings. The number of hydrogen-bond donors (Lipinski definition) is 2. The van der Waals surface area contributed by atoms with Crippen molar-refractivity contribution in [2.24, 2.45) is 0 Å². The summed E-state index contributed by atoms with van der Waals surface area (Å²) in [6.45, 7) is 0.884. The molecule has 298 valence electrons. The van der Waals surface area contributed by atoms with Crippen LogP contribution in [0.2, 0.25) is 0 Å². The smallest absolute Gasteiger partial charge is 0.419 e. The van der Waals surface area contributed by atoms with Gasteiger partial charge in [-0.05, 0) is 72.0 Å². The normalized spacial score (nSPS) is 18.1. The van der Waals surface area contributed by atoms with E-state index in [1.165, 1.54) is 23.1 Å². The van der Waals surface area contributed by atoms with Crippen LogP contribution in [0, 0.1) is 12.7 Å². The molecule has 8 nitrogen and oxygen atoms in total. The number of nitrogens with one attached hydrogen (secondary N) is 1. The van der Waals surface area contributed by atoms with Crippen LogP contribution in [0.1, 0.15) is 57.4 Å². The minimum atomic E-state index is -5.47. The third-order valence-corrected chi connectivity index (χ3v) is 9.40. The molecule has 2 aliphatic rings. The van der Waals surface area contributed by atoms with Crippen molar-refractivity contribution in [3.05, 3.63) is 116 Å². The van der Waals surface area contributed by atoms with Crippen LogP contribution in [0.15, 0.2) is 65.6 Å². The number of rotatable bonds is 6. The van der Waals surface area contributed by atoms with E-state index in [0.717, 1.165) is 13.0 Å². The number of likely N-dealkylation sites (tertiary alicyclic amines) is 1. The maximum Gasteiger partial charge on any atom is 0.419 e. The highest BCUT2D eigenvalue weighted by molar-refractivity contribution is 5.85. The lowest BCUT2D eigenvalue weighted by Gasteiger charge is -2.34. The topological polar surface area (TPSA) is 101 Å². The molecule has 4 bridgehead atoms. The van der Waals surface area contributed by atoms with Gasteiger partial charge in [0.1, 0.15) is 29.5 Å². The summed E-state index contributed by atoms with van der Waals surface area (Å²) < 4.78 is 164. The van der Waals surface area contributed by atoms with Crippen LogP contribution < -0.4 is 15.6 Å². The number of alkyl halides is 10. The van der Waals surface area contributed by atoms with E-state index in [2.05, 4.69) is 5.32 Å². The lowest BCUT2D eigenvalue weighted by molar-refractivity contribution is -0.140. The Hall–Kier alpha value is -5.46. The van der Waals surface area contributed by atoms with Gasteiger partial charge in [0.25, 0.3) is 5.56 Å². The molecule has 0 radical (unpaired) electrons. The Morgan fingerprint density at radius 2 is 1.59 bits per heavy atom. The summed E-state index contributed by atoms with van der Waals surface area (Å²) in [5.41, 5.74) is -9.20. The van der Waals surface area contributed by atoms with Crippen LogP contribution in [0.3, 0.4) is 0 Å². The van der Waals surface area contributed by atoms with Gasteiger partial charge in [0.15, 0.2) is 0 Å². The predicted octanol–water partition coefficient (Wildman–Crippen LogP) is 8.24. The van der Waals surface area contributed by atoms with E-state index in [1.54, 1.807) is 0 Å². The molecule has 1 amide bonds. The van der Waals surface area contributed by atoms with Gasteiger partial charge in [-0.1, -0.05) is 12.1 Å². The number of fused-ring (bicyclic) bond motifs is 6. The van der Waals surface area contributed by atoms with Crippen LogP contribution in [0.25, 0.3) is 11.1 Å². The zero-order chi connectivity index (χ0) is 41.1. The van der Waals surface area contributed by atoms with Crippen molar-refractivity contribution in [3.63, 3.8) is 0 Å². The summed E-state index contributed by atoms with van der Waals surface area (Å²) in [4.78, 5) is 41.4. The van der Waals surface area contributed by atoms with Gasteiger partial charge in [0.2, 0.25) is 5.91 Å². The SMILES string of the molecule is Cc1cc(C(F)(F)F)cc2c1-c1cc(c(F)c(C(F)(F)F)c1)[C@@H](CC(=O)O)NC(=O)[C@@H](n1cc(CCN3CC(F)C3)c(C(F)(F)F)cc1=O)c1cccc(c1)O2. The van der Waals surface area contributed by atoms with Crippen molar-refractivity contribution in [2.75, 3.05) is 19.6 Å². The number of amides is 1. The Morgan fingerprint density at radius 3 is 2.20 bits per heavy atom. The number of pyridine rings is 1. The molecule has 1 aromatic heterocycles. The van der Waals surface area contributed by atoms with Gasteiger partial charge < -0.3 is 15.2 Å². The number of benzene rings is 3. The second-order valence-corrected chi connectivity index (χ2v) is 13.4. The molecule has 3 heterocycles. The van der Waals surface area contributed by atoms with Crippen LogP contribution in [0.5, 0.6) is 11.5 Å². The van der Waals surface area contributed by atoms with Gasteiger partial charge in [0, 0.05) is 43.0 Å². The van der Waals surface area contributed by atoms with Gasteiger partial charge in [-0.3, -0.25) is 23.9 Å². The molecule has 2 atom stereocenters. The third-order valence-electron chi connectivity index (χ3n) is 9.40. The Balaban J connectivity index is 1.63. The zero-order valence-corrected chi connectivity index (χ0v) is 28.7. The molecule has 1 fully saturated rings. The van der Waals surface area contributed by atoms with E-state index in [9.17, 15) is 63.4 Å². The van der Waals surface area contributed by atoms with Crippen LogP contribution in [-0.2, 0) is 34.5 Å². The van der Waals surface area contributed by atoms with E-state index in [0.29, 0.717) is 29.0 Å². The van der Waals surface area contributed by atoms with E-state index in [1.807, 2.05) is 0 Å². The number of aliphatic carboxylic acids is 1. The van der Waals surface area contributed by atoms with E-state index in [-0.39, 0.29) is 48.6 Å². The van der Waals surface area contributed by atoms with Crippen molar-refractivity contribution in [1.29, 1.82) is 0 Å². The molecule has 6 rings (SSSR count). The molecule has 0 aliphatic carbocycles. The number of ether oxygens (including phenoxy) is 1. The van der Waals surface area contributed by atoms with Gasteiger partial charge >= 0.3 is 24.5 Å². The molecule has 19 heteroatoms. The number of carboxylic acid groups (broad SMARTS) is 1. The minimum Gasteiger partial charge on any atom is -0.481 e. The quantitative estimate of drug-likeness (QED) is 0.191. The van der Waals surface area contributed by atoms with E-state index >= 15 is 4.39 Å². The Labute approximate surface area is 309 Å². The standard InChI is InChI=1S/C37H28F11N3O5/c1-17-7-21(35(40,41)42)11-28-31(17)20-9-24(32(39)26(10-20)37(46,47)48)27(13-30(53)54)49-34(55)33(18-3-2-4-23(8-18)56-28)51-14-19(5-6-50-15-22(38)16-50)25(12-29(51)52)36(43,44)45/h2-4,7-12,14,22,27,33H,5-6,13,15-16H2,1H3,(H,49,55)(H,53,54)/t27-,33+/m1/s1. The molecule has 1 saturated heterocycles. The summed E-state index contributed by atoms with van der Waals surface area (Å²) in [6.07, 6.45) is -17.7. The van der Waals surface area contributed by atoms with Crippen molar-refractivity contribution in [1.82, 2.24) is 14.8 Å². The fourth-order valence-electron chi connectivity index (χ4n) is 6.82. The molecule has 0 spiro atoms. The Kier molecular flexibility index (Phi) is 10.5. The van der Waals surface area contributed by atoms with Crippen LogP contribution in [0.4, 0.5) is 48.3 Å². The molecular weight excluding hydrogens is 775 g/mol. The van der Waals surface area contributed by atoms with Gasteiger partial charge in [-0.15, -0.1) is 0 Å². The van der Waals surface area contributed by atoms with Gasteiger partial charge in [0.05, 0.1) is 29.2 Å². The molecule has 3 aromatic carbocycles.